The topological polar surface area (TPSA) is 55.1 Å². The Labute approximate surface area is 223 Å². The number of hydrogen-bond donors (Lipinski definition) is 1. The van der Waals surface area contributed by atoms with Gasteiger partial charge in [0.25, 0.3) is 0 Å². The van der Waals surface area contributed by atoms with Gasteiger partial charge in [0, 0.05) is 18.3 Å². The molecule has 0 spiro atoms. The smallest absolute Gasteiger partial charge is 0.318 e. The third-order valence-electron chi connectivity index (χ3n) is 7.34. The summed E-state index contributed by atoms with van der Waals surface area (Å²) in [6.07, 6.45) is 3.05. The van der Waals surface area contributed by atoms with Crippen LogP contribution in [0.15, 0.2) is 103 Å². The second kappa shape index (κ2) is 10.1. The Morgan fingerprint density at radius 2 is 1.61 bits per heavy atom. The maximum absolute atomic E-state index is 13.9. The highest BCUT2D eigenvalue weighted by Gasteiger charge is 2.35. The molecule has 0 saturated carbocycles. The number of rotatable bonds is 5. The van der Waals surface area contributed by atoms with Crippen molar-refractivity contribution in [2.24, 2.45) is 0 Å². The highest BCUT2D eigenvalue weighted by molar-refractivity contribution is 5.76. The summed E-state index contributed by atoms with van der Waals surface area (Å²) >= 11 is 0. The summed E-state index contributed by atoms with van der Waals surface area (Å²) in [5, 5.41) is 8.11. The predicted molar refractivity (Wildman–Crippen MR) is 150 cm³/mol. The number of nitrogens with zero attached hydrogens (tertiary/aromatic N) is 4. The molecule has 38 heavy (non-hydrogen) atoms. The van der Waals surface area contributed by atoms with Crippen LogP contribution in [0.5, 0.6) is 0 Å². The quantitative estimate of drug-likeness (QED) is 0.305. The molecule has 6 heteroatoms. The number of hydrogen-bond acceptors (Lipinski definition) is 2. The lowest BCUT2D eigenvalue weighted by atomic mass is 9.99. The molecular formula is C32H31N5O. The molecule has 6 nitrogen and oxygen atoms in total. The van der Waals surface area contributed by atoms with Crippen LogP contribution < -0.4 is 5.32 Å². The molecule has 0 aliphatic carbocycles. The minimum absolute atomic E-state index is 0.106. The number of carbonyl (C=O) groups excluding carboxylic acids is 1. The van der Waals surface area contributed by atoms with Crippen molar-refractivity contribution in [1.82, 2.24) is 24.6 Å². The number of para-hydroxylation sites is 1. The minimum atomic E-state index is -0.261. The number of aromatic nitrogens is 3. The Hall–Kier alpha value is -4.58. The van der Waals surface area contributed by atoms with Crippen molar-refractivity contribution in [3.63, 3.8) is 0 Å². The van der Waals surface area contributed by atoms with Crippen molar-refractivity contribution in [3.05, 3.63) is 137 Å². The predicted octanol–water partition coefficient (Wildman–Crippen LogP) is 6.35. The van der Waals surface area contributed by atoms with Gasteiger partial charge in [-0.2, -0.15) is 5.10 Å². The first-order valence-electron chi connectivity index (χ1n) is 13.1. The van der Waals surface area contributed by atoms with Crippen LogP contribution in [0.1, 0.15) is 46.6 Å². The second-order valence-electron chi connectivity index (χ2n) is 9.71. The molecule has 0 fully saturated rings. The highest BCUT2D eigenvalue weighted by atomic mass is 16.2. The van der Waals surface area contributed by atoms with Gasteiger partial charge < -0.3 is 14.8 Å². The fourth-order valence-electron chi connectivity index (χ4n) is 5.31. The summed E-state index contributed by atoms with van der Waals surface area (Å²) in [6.45, 7) is 5.09. The summed E-state index contributed by atoms with van der Waals surface area (Å²) in [4.78, 5) is 15.9. The first kappa shape index (κ1) is 23.8. The molecule has 2 amide bonds. The molecule has 0 unspecified atom stereocenters. The van der Waals surface area contributed by atoms with Crippen molar-refractivity contribution in [3.8, 4) is 11.5 Å². The lowest BCUT2D eigenvalue weighted by molar-refractivity contribution is 0.180. The molecule has 3 heterocycles. The first-order valence-corrected chi connectivity index (χ1v) is 13.1. The van der Waals surface area contributed by atoms with Gasteiger partial charge in [-0.3, -0.25) is 0 Å². The van der Waals surface area contributed by atoms with Crippen LogP contribution in [0.4, 0.5) is 4.79 Å². The Balaban J connectivity index is 1.48. The molecule has 0 bridgehead atoms. The van der Waals surface area contributed by atoms with Crippen LogP contribution in [-0.2, 0) is 19.5 Å². The zero-order valence-corrected chi connectivity index (χ0v) is 21.7. The SMILES string of the molecule is CCc1ccc([C@@H]2c3cccn3-c3c(c(C)nn3-c3ccccc3)CN2C(=O)NCc2ccccc2)cc1. The van der Waals surface area contributed by atoms with Gasteiger partial charge in [0.1, 0.15) is 5.82 Å². The van der Waals surface area contributed by atoms with Crippen LogP contribution in [0.2, 0.25) is 0 Å². The van der Waals surface area contributed by atoms with Gasteiger partial charge in [0.05, 0.1) is 29.7 Å². The van der Waals surface area contributed by atoms with Crippen molar-refractivity contribution in [2.75, 3.05) is 0 Å². The Morgan fingerprint density at radius 3 is 2.32 bits per heavy atom. The van der Waals surface area contributed by atoms with Crippen molar-refractivity contribution in [1.29, 1.82) is 0 Å². The number of amides is 2. The van der Waals surface area contributed by atoms with Gasteiger partial charge in [-0.1, -0.05) is 79.7 Å². The molecule has 2 aromatic heterocycles. The first-order chi connectivity index (χ1) is 18.6. The molecule has 1 atom stereocenters. The Bertz CT molecular complexity index is 1550. The van der Waals surface area contributed by atoms with Crippen LogP contribution in [0, 0.1) is 6.92 Å². The second-order valence-corrected chi connectivity index (χ2v) is 9.71. The van der Waals surface area contributed by atoms with E-state index in [4.69, 9.17) is 5.10 Å². The lowest BCUT2D eigenvalue weighted by Gasteiger charge is -2.31. The van der Waals surface area contributed by atoms with E-state index in [9.17, 15) is 4.79 Å². The number of aryl methyl sites for hydroxylation is 2. The summed E-state index contributed by atoms with van der Waals surface area (Å²) in [5.41, 5.74) is 7.38. The van der Waals surface area contributed by atoms with Gasteiger partial charge in [-0.15, -0.1) is 0 Å². The summed E-state index contributed by atoms with van der Waals surface area (Å²) in [5.74, 6) is 0.974. The molecule has 1 aliphatic rings. The maximum atomic E-state index is 13.9. The zero-order valence-electron chi connectivity index (χ0n) is 21.7. The van der Waals surface area contributed by atoms with Crippen LogP contribution in [-0.4, -0.2) is 25.3 Å². The fourth-order valence-corrected chi connectivity index (χ4v) is 5.31. The van der Waals surface area contributed by atoms with E-state index >= 15 is 0 Å². The number of benzene rings is 3. The zero-order chi connectivity index (χ0) is 26.1. The van der Waals surface area contributed by atoms with Gasteiger partial charge in [0.15, 0.2) is 0 Å². The van der Waals surface area contributed by atoms with E-state index in [0.29, 0.717) is 13.1 Å². The standard InChI is InChI=1S/C32H31N5O/c1-3-24-16-18-26(19-17-24)30-29-15-10-20-35(29)31-28(23(2)34-37(31)27-13-8-5-9-14-27)22-36(30)32(38)33-21-25-11-6-4-7-12-25/h4-20,30H,3,21-22H2,1-2H3,(H,33,38)/t30-/m1/s1. The molecule has 6 rings (SSSR count). The number of urea groups is 1. The van der Waals surface area contributed by atoms with E-state index in [0.717, 1.165) is 46.0 Å². The van der Waals surface area contributed by atoms with Gasteiger partial charge >= 0.3 is 6.03 Å². The molecule has 0 saturated heterocycles. The maximum Gasteiger partial charge on any atom is 0.318 e. The number of fused-ring (bicyclic) bond motifs is 3. The van der Waals surface area contributed by atoms with E-state index in [2.05, 4.69) is 71.5 Å². The van der Waals surface area contributed by atoms with Crippen molar-refractivity contribution >= 4 is 6.03 Å². The number of carbonyl (C=O) groups is 1. The summed E-state index contributed by atoms with van der Waals surface area (Å²) < 4.78 is 4.20. The van der Waals surface area contributed by atoms with E-state index in [1.807, 2.05) is 65.0 Å². The lowest BCUT2D eigenvalue weighted by Crippen LogP contribution is -2.41. The normalized spacial score (nSPS) is 14.5. The molecule has 0 radical (unpaired) electrons. The molecular weight excluding hydrogens is 470 g/mol. The number of nitrogens with one attached hydrogen (secondary N) is 1. The van der Waals surface area contributed by atoms with Crippen LogP contribution in [0.3, 0.4) is 0 Å². The summed E-state index contributed by atoms with van der Waals surface area (Å²) in [7, 11) is 0. The summed E-state index contributed by atoms with van der Waals surface area (Å²) in [6, 6.07) is 32.6. The van der Waals surface area contributed by atoms with Crippen molar-refractivity contribution < 1.29 is 4.79 Å². The molecule has 190 valence electrons. The molecule has 1 N–H and O–H groups in total. The van der Waals surface area contributed by atoms with Gasteiger partial charge in [0.2, 0.25) is 0 Å². The third kappa shape index (κ3) is 4.28. The van der Waals surface area contributed by atoms with Crippen molar-refractivity contribution in [2.45, 2.75) is 39.4 Å². The monoisotopic (exact) mass is 501 g/mol. The fraction of sp³-hybridized carbons (Fsp3) is 0.188. The van der Waals surface area contributed by atoms with E-state index in [1.54, 1.807) is 0 Å². The van der Waals surface area contributed by atoms with E-state index < -0.39 is 0 Å². The van der Waals surface area contributed by atoms with E-state index in [-0.39, 0.29) is 12.1 Å². The average molecular weight is 502 g/mol. The van der Waals surface area contributed by atoms with E-state index in [1.165, 1.54) is 5.56 Å². The van der Waals surface area contributed by atoms with Crippen LogP contribution in [0.25, 0.3) is 11.5 Å². The highest BCUT2D eigenvalue weighted by Crippen LogP contribution is 2.38. The van der Waals surface area contributed by atoms with Gasteiger partial charge in [-0.05, 0) is 54.3 Å². The largest absolute Gasteiger partial charge is 0.334 e. The third-order valence-corrected chi connectivity index (χ3v) is 7.34. The molecule has 1 aliphatic heterocycles. The van der Waals surface area contributed by atoms with Gasteiger partial charge in [-0.25, -0.2) is 9.48 Å². The van der Waals surface area contributed by atoms with Crippen LogP contribution >= 0.6 is 0 Å². The average Bonchev–Trinajstić information content (AvgIpc) is 3.53. The minimum Gasteiger partial charge on any atom is -0.334 e. The Morgan fingerprint density at radius 1 is 0.895 bits per heavy atom. The Kier molecular flexibility index (Phi) is 6.30. The molecule has 3 aromatic carbocycles. The molecule has 5 aromatic rings.